The van der Waals surface area contributed by atoms with Crippen LogP contribution in [0.5, 0.6) is 0 Å². The number of alkyl halides is 2. The Morgan fingerprint density at radius 2 is 1.56 bits per heavy atom. The van der Waals surface area contributed by atoms with Crippen LogP contribution in [0, 0.1) is 12.7 Å². The van der Waals surface area contributed by atoms with E-state index >= 15 is 0 Å². The minimum atomic E-state index is -2.41. The molecule has 0 saturated carbocycles. The first-order valence-electron chi connectivity index (χ1n) is 16.4. The third-order valence-corrected chi connectivity index (χ3v) is 7.40. The Kier molecular flexibility index (Phi) is 18.4. The summed E-state index contributed by atoms with van der Waals surface area (Å²) in [7, 11) is 0. The van der Waals surface area contributed by atoms with Gasteiger partial charge >= 0.3 is 0 Å². The second-order valence-corrected chi connectivity index (χ2v) is 10.7. The summed E-state index contributed by atoms with van der Waals surface area (Å²) in [6, 6.07) is 15.8. The first-order chi connectivity index (χ1) is 21.6. The van der Waals surface area contributed by atoms with Crippen LogP contribution in [0.3, 0.4) is 0 Å². The van der Waals surface area contributed by atoms with Gasteiger partial charge in [-0.2, -0.15) is 0 Å². The quantitative estimate of drug-likeness (QED) is 0.123. The Balaban J connectivity index is 0.000000660. The molecule has 1 heterocycles. The molecule has 0 spiro atoms. The van der Waals surface area contributed by atoms with Gasteiger partial charge in [0.05, 0.1) is 11.4 Å². The number of carbonyl (C=O) groups is 1. The van der Waals surface area contributed by atoms with Crippen molar-refractivity contribution in [2.45, 2.75) is 113 Å². The Bertz CT molecular complexity index is 1340. The molecular weight excluding hydrogens is 571 g/mol. The number of benzene rings is 2. The Morgan fingerprint density at radius 1 is 0.911 bits per heavy atom. The van der Waals surface area contributed by atoms with E-state index in [4.69, 9.17) is 0 Å². The predicted octanol–water partition coefficient (Wildman–Crippen LogP) is 12.1. The molecule has 0 fully saturated rings. The van der Waals surface area contributed by atoms with Crippen molar-refractivity contribution < 1.29 is 18.0 Å². The van der Waals surface area contributed by atoms with Gasteiger partial charge in [0, 0.05) is 41.1 Å². The number of allylic oxidation sites excluding steroid dienone is 2. The monoisotopic (exact) mass is 625 g/mol. The molecule has 45 heavy (non-hydrogen) atoms. The maximum atomic E-state index is 14.2. The van der Waals surface area contributed by atoms with Gasteiger partial charge in [0.2, 0.25) is 5.92 Å². The number of H-pyrrole nitrogens is 1. The average molecular weight is 626 g/mol. The normalized spacial score (nSPS) is 11.6. The number of nitrogens with one attached hydrogen (secondary N) is 3. The van der Waals surface area contributed by atoms with Gasteiger partial charge in [-0.3, -0.25) is 4.79 Å². The maximum Gasteiger partial charge on any atom is 0.255 e. The number of aryl methyl sites for hydroxylation is 2. The van der Waals surface area contributed by atoms with E-state index in [-0.39, 0.29) is 24.6 Å². The molecule has 0 bridgehead atoms. The number of hydrogen-bond acceptors (Lipinski definition) is 2. The largest absolute Gasteiger partial charge is 0.360 e. The Labute approximate surface area is 269 Å². The van der Waals surface area contributed by atoms with Gasteiger partial charge in [0.1, 0.15) is 5.82 Å². The molecule has 1 aromatic heterocycles. The molecule has 7 heteroatoms. The molecule has 248 valence electrons. The van der Waals surface area contributed by atoms with E-state index in [1.54, 1.807) is 37.3 Å². The lowest BCUT2D eigenvalue weighted by atomic mass is 10.1. The lowest BCUT2D eigenvalue weighted by Crippen LogP contribution is -2.13. The highest BCUT2D eigenvalue weighted by Gasteiger charge is 2.24. The van der Waals surface area contributed by atoms with E-state index in [2.05, 4.69) is 29.5 Å². The molecular formula is C38H54F3N3O. The molecule has 3 rings (SSSR count). The van der Waals surface area contributed by atoms with Gasteiger partial charge in [-0.1, -0.05) is 96.7 Å². The summed E-state index contributed by atoms with van der Waals surface area (Å²) in [6.45, 7) is 15.7. The SMILES string of the molecule is CC.CCC(C)=C(/C=C\c1c(C)[nH]c(CC)c1NC(=O)c1ccccc1)Nc1ccccc1F.CCCCCCC(F)(F)CC. The molecule has 2 aromatic carbocycles. The van der Waals surface area contributed by atoms with Gasteiger partial charge in [-0.05, 0) is 69.5 Å². The van der Waals surface area contributed by atoms with E-state index in [0.717, 1.165) is 66.0 Å². The van der Waals surface area contributed by atoms with Gasteiger partial charge in [0.25, 0.3) is 5.91 Å². The van der Waals surface area contributed by atoms with E-state index in [1.165, 1.54) is 6.07 Å². The first-order valence-corrected chi connectivity index (χ1v) is 16.4. The summed E-state index contributed by atoms with van der Waals surface area (Å²) >= 11 is 0. The fourth-order valence-electron chi connectivity index (χ4n) is 4.44. The number of carbonyl (C=O) groups excluding carboxylic acids is 1. The van der Waals surface area contributed by atoms with Gasteiger partial charge in [-0.25, -0.2) is 13.2 Å². The van der Waals surface area contributed by atoms with Crippen LogP contribution in [0.1, 0.15) is 121 Å². The van der Waals surface area contributed by atoms with Crippen LogP contribution in [-0.2, 0) is 6.42 Å². The molecule has 1 amide bonds. The van der Waals surface area contributed by atoms with Gasteiger partial charge in [-0.15, -0.1) is 0 Å². The molecule has 4 nitrogen and oxygen atoms in total. The van der Waals surface area contributed by atoms with Crippen LogP contribution in [0.4, 0.5) is 24.5 Å². The number of halogens is 3. The van der Waals surface area contributed by atoms with Crippen molar-refractivity contribution in [3.8, 4) is 0 Å². The summed E-state index contributed by atoms with van der Waals surface area (Å²) < 4.78 is 39.4. The number of rotatable bonds is 14. The van der Waals surface area contributed by atoms with Crippen LogP contribution in [0.2, 0.25) is 0 Å². The Hall–Kier alpha value is -3.74. The van der Waals surface area contributed by atoms with Gasteiger partial charge < -0.3 is 15.6 Å². The molecule has 3 aromatic rings. The first kappa shape index (κ1) is 39.3. The fourth-order valence-corrected chi connectivity index (χ4v) is 4.44. The zero-order valence-corrected chi connectivity index (χ0v) is 28.5. The molecule has 0 unspecified atom stereocenters. The van der Waals surface area contributed by atoms with E-state index in [9.17, 15) is 18.0 Å². The second kappa shape index (κ2) is 21.1. The third kappa shape index (κ3) is 13.4. The highest BCUT2D eigenvalue weighted by atomic mass is 19.3. The topological polar surface area (TPSA) is 56.9 Å². The number of amides is 1. The number of anilines is 2. The smallest absolute Gasteiger partial charge is 0.255 e. The van der Waals surface area contributed by atoms with Crippen molar-refractivity contribution >= 4 is 23.4 Å². The van der Waals surface area contributed by atoms with Crippen molar-refractivity contribution in [1.29, 1.82) is 0 Å². The van der Waals surface area contributed by atoms with E-state index in [0.29, 0.717) is 17.7 Å². The van der Waals surface area contributed by atoms with Crippen LogP contribution < -0.4 is 10.6 Å². The summed E-state index contributed by atoms with van der Waals surface area (Å²) in [5.74, 6) is -2.86. The van der Waals surface area contributed by atoms with Crippen LogP contribution in [0.15, 0.2) is 71.9 Å². The predicted molar refractivity (Wildman–Crippen MR) is 187 cm³/mol. The minimum absolute atomic E-state index is 0.0148. The second-order valence-electron chi connectivity index (χ2n) is 10.7. The molecule has 3 N–H and O–H groups in total. The maximum absolute atomic E-state index is 14.2. The summed E-state index contributed by atoms with van der Waals surface area (Å²) in [5, 5.41) is 6.29. The number of aromatic nitrogens is 1. The highest BCUT2D eigenvalue weighted by Crippen LogP contribution is 2.29. The lowest BCUT2D eigenvalue weighted by Gasteiger charge is -2.12. The van der Waals surface area contributed by atoms with Gasteiger partial charge in [0.15, 0.2) is 0 Å². The number of unbranched alkanes of at least 4 members (excludes halogenated alkanes) is 3. The summed E-state index contributed by atoms with van der Waals surface area (Å²) in [5.41, 5.74) is 6.56. The fraction of sp³-hybridized carbons (Fsp3) is 0.447. The zero-order chi connectivity index (χ0) is 33.8. The minimum Gasteiger partial charge on any atom is -0.360 e. The number of hydrogen-bond donors (Lipinski definition) is 3. The summed E-state index contributed by atoms with van der Waals surface area (Å²) in [4.78, 5) is 16.2. The Morgan fingerprint density at radius 3 is 2.13 bits per heavy atom. The average Bonchev–Trinajstić information content (AvgIpc) is 3.36. The van der Waals surface area contributed by atoms with Crippen molar-refractivity contribution in [3.05, 3.63) is 100 Å². The van der Waals surface area contributed by atoms with Crippen molar-refractivity contribution in [2.24, 2.45) is 0 Å². The van der Waals surface area contributed by atoms with Crippen molar-refractivity contribution in [3.63, 3.8) is 0 Å². The molecule has 0 atom stereocenters. The number of aromatic amines is 1. The molecule has 0 aliphatic heterocycles. The van der Waals surface area contributed by atoms with E-state index in [1.807, 2.05) is 65.0 Å². The van der Waals surface area contributed by atoms with Crippen LogP contribution in [-0.4, -0.2) is 16.8 Å². The van der Waals surface area contributed by atoms with Crippen molar-refractivity contribution in [1.82, 2.24) is 4.98 Å². The van der Waals surface area contributed by atoms with Crippen molar-refractivity contribution in [2.75, 3.05) is 10.6 Å². The molecule has 0 aliphatic carbocycles. The highest BCUT2D eigenvalue weighted by molar-refractivity contribution is 6.05. The lowest BCUT2D eigenvalue weighted by molar-refractivity contribution is -0.0137. The van der Waals surface area contributed by atoms with Crippen LogP contribution in [0.25, 0.3) is 6.08 Å². The molecule has 0 radical (unpaired) electrons. The molecule has 0 aliphatic rings. The van der Waals surface area contributed by atoms with E-state index < -0.39 is 5.92 Å². The zero-order valence-electron chi connectivity index (χ0n) is 28.5. The standard InChI is InChI=1S/C27H30FN3O.C9H18F2.C2H6/c1-5-18(3)24(30-25-15-11-10-14-22(25)28)17-16-21-19(4)29-23(6-2)26(21)31-27(32)20-12-8-7-9-13-20;1-3-5-6-7-8-9(10,11)4-2;1-2/h7-17,29-30H,5-6H2,1-4H3,(H,31,32);3-8H2,1-2H3;1-2H3/b17-16-,24-18?;;. The number of para-hydroxylation sites is 1. The third-order valence-electron chi connectivity index (χ3n) is 7.40. The molecule has 0 saturated heterocycles. The summed E-state index contributed by atoms with van der Waals surface area (Å²) in [6.07, 6.45) is 9.36. The van der Waals surface area contributed by atoms with Crippen LogP contribution >= 0.6 is 0 Å².